The van der Waals surface area contributed by atoms with E-state index >= 15 is 0 Å². The first-order valence-corrected chi connectivity index (χ1v) is 14.7. The number of aliphatic hydroxyl groups excluding tert-OH is 1. The lowest BCUT2D eigenvalue weighted by atomic mass is 10.0. The molecule has 0 fully saturated rings. The Kier molecular flexibility index (Phi) is 12.8. The molecule has 0 aliphatic carbocycles. The number of H-pyrrole nitrogens is 1. The van der Waals surface area contributed by atoms with Crippen molar-refractivity contribution < 1.29 is 44.1 Å². The fourth-order valence-corrected chi connectivity index (χ4v) is 4.64. The number of para-hydroxylation sites is 1. The Labute approximate surface area is 269 Å². The van der Waals surface area contributed by atoms with Gasteiger partial charge in [-0.25, -0.2) is 0 Å². The minimum Gasteiger partial charge on any atom is -0.508 e. The number of aliphatic hydroxyl groups is 1. The number of fused-ring (bicyclic) bond motifs is 1. The number of rotatable bonds is 17. The number of nitrogens with two attached hydrogens (primary N) is 2. The van der Waals surface area contributed by atoms with Gasteiger partial charge in [0.1, 0.15) is 36.0 Å². The Morgan fingerprint density at radius 1 is 0.809 bits per heavy atom. The quantitative estimate of drug-likeness (QED) is 0.0787. The lowest BCUT2D eigenvalue weighted by Gasteiger charge is -2.26. The summed E-state index contributed by atoms with van der Waals surface area (Å²) >= 11 is 0. The lowest BCUT2D eigenvalue weighted by molar-refractivity contribution is -0.141. The van der Waals surface area contributed by atoms with Gasteiger partial charge in [-0.3, -0.25) is 28.8 Å². The van der Waals surface area contributed by atoms with Crippen molar-refractivity contribution in [2.45, 2.75) is 62.8 Å². The molecule has 0 bridgehead atoms. The van der Waals surface area contributed by atoms with Crippen molar-refractivity contribution in [3.63, 3.8) is 0 Å². The zero-order valence-corrected chi connectivity index (χ0v) is 25.6. The van der Waals surface area contributed by atoms with Crippen molar-refractivity contribution in [3.05, 3.63) is 65.9 Å². The number of aromatic nitrogens is 1. The third-order valence-electron chi connectivity index (χ3n) is 7.32. The van der Waals surface area contributed by atoms with Crippen LogP contribution in [0.1, 0.15) is 30.9 Å². The number of amides is 5. The van der Waals surface area contributed by atoms with E-state index in [2.05, 4.69) is 26.3 Å². The van der Waals surface area contributed by atoms with E-state index in [1.165, 1.54) is 31.2 Å². The van der Waals surface area contributed by atoms with Gasteiger partial charge in [0.05, 0.1) is 6.61 Å². The number of carbonyl (C=O) groups excluding carboxylic acids is 5. The number of benzene rings is 2. The number of phenols is 1. The molecule has 16 nitrogen and oxygen atoms in total. The number of aliphatic carboxylic acids is 1. The summed E-state index contributed by atoms with van der Waals surface area (Å²) in [6.45, 7) is 0.551. The number of aromatic amines is 1. The highest BCUT2D eigenvalue weighted by Crippen LogP contribution is 2.19. The van der Waals surface area contributed by atoms with E-state index in [1.807, 2.05) is 12.1 Å². The zero-order valence-electron chi connectivity index (χ0n) is 25.6. The fourth-order valence-electron chi connectivity index (χ4n) is 4.64. The van der Waals surface area contributed by atoms with Crippen LogP contribution >= 0.6 is 0 Å². The van der Waals surface area contributed by atoms with E-state index in [-0.39, 0.29) is 31.4 Å². The Morgan fingerprint density at radius 3 is 2.02 bits per heavy atom. The van der Waals surface area contributed by atoms with Gasteiger partial charge in [0.25, 0.3) is 0 Å². The second kappa shape index (κ2) is 16.7. The molecule has 3 rings (SSSR count). The largest absolute Gasteiger partial charge is 0.508 e. The number of carbonyl (C=O) groups is 6. The van der Waals surface area contributed by atoms with Gasteiger partial charge in [-0.05, 0) is 42.7 Å². The van der Waals surface area contributed by atoms with Crippen LogP contribution < -0.4 is 32.7 Å². The van der Waals surface area contributed by atoms with Crippen LogP contribution in [-0.4, -0.2) is 92.6 Å². The molecule has 252 valence electrons. The van der Waals surface area contributed by atoms with E-state index in [0.29, 0.717) is 11.1 Å². The molecule has 5 amide bonds. The summed E-state index contributed by atoms with van der Waals surface area (Å²) in [5, 5.41) is 38.8. The van der Waals surface area contributed by atoms with Crippen molar-refractivity contribution in [2.75, 3.05) is 6.61 Å². The number of carboxylic acids is 1. The van der Waals surface area contributed by atoms with Crippen LogP contribution in [0.15, 0.2) is 54.7 Å². The molecule has 47 heavy (non-hydrogen) atoms. The average molecular weight is 654 g/mol. The number of carboxylic acid groups (broad SMARTS) is 1. The van der Waals surface area contributed by atoms with Crippen molar-refractivity contribution in [3.8, 4) is 5.75 Å². The Balaban J connectivity index is 1.88. The molecule has 16 heteroatoms. The highest BCUT2D eigenvalue weighted by molar-refractivity contribution is 5.96. The summed E-state index contributed by atoms with van der Waals surface area (Å²) in [6.07, 6.45) is 0.855. The van der Waals surface area contributed by atoms with Gasteiger partial charge in [0, 0.05) is 36.4 Å². The molecular weight excluding hydrogens is 614 g/mol. The number of aromatic hydroxyl groups is 1. The topological polar surface area (TPSA) is 279 Å². The van der Waals surface area contributed by atoms with E-state index < -0.39 is 72.3 Å². The van der Waals surface area contributed by atoms with E-state index in [9.17, 15) is 44.1 Å². The minimum absolute atomic E-state index is 0.0340. The van der Waals surface area contributed by atoms with Gasteiger partial charge in [-0.1, -0.05) is 30.3 Å². The van der Waals surface area contributed by atoms with Gasteiger partial charge in [-0.15, -0.1) is 0 Å². The third kappa shape index (κ3) is 10.5. The van der Waals surface area contributed by atoms with Crippen LogP contribution in [0.3, 0.4) is 0 Å². The molecule has 0 aliphatic heterocycles. The molecule has 5 atom stereocenters. The van der Waals surface area contributed by atoms with Crippen LogP contribution in [-0.2, 0) is 41.6 Å². The van der Waals surface area contributed by atoms with E-state index in [0.717, 1.165) is 10.9 Å². The zero-order chi connectivity index (χ0) is 34.7. The molecule has 2 aromatic carbocycles. The predicted molar refractivity (Wildman–Crippen MR) is 168 cm³/mol. The summed E-state index contributed by atoms with van der Waals surface area (Å²) in [5.41, 5.74) is 12.8. The summed E-state index contributed by atoms with van der Waals surface area (Å²) in [7, 11) is 0. The molecule has 0 spiro atoms. The van der Waals surface area contributed by atoms with E-state index in [1.54, 1.807) is 18.3 Å². The molecule has 3 aromatic rings. The minimum atomic E-state index is -1.43. The van der Waals surface area contributed by atoms with Gasteiger partial charge < -0.3 is 53.0 Å². The van der Waals surface area contributed by atoms with Crippen molar-refractivity contribution in [2.24, 2.45) is 11.5 Å². The number of hydrogen-bond donors (Lipinski definition) is 10. The molecule has 0 saturated heterocycles. The number of hydrogen-bond acceptors (Lipinski definition) is 9. The number of phenolic OH excluding ortho intramolecular Hbond substituents is 1. The second-order valence-corrected chi connectivity index (χ2v) is 11.0. The van der Waals surface area contributed by atoms with Crippen molar-refractivity contribution >= 4 is 46.4 Å². The van der Waals surface area contributed by atoms with Crippen molar-refractivity contribution in [1.29, 1.82) is 0 Å². The normalized spacial score (nSPS) is 14.2. The highest BCUT2D eigenvalue weighted by atomic mass is 16.4. The first kappa shape index (κ1) is 36.0. The first-order valence-electron chi connectivity index (χ1n) is 14.7. The molecule has 0 radical (unpaired) electrons. The standard InChI is InChI=1S/C31H39N7O9/c1-16(31(46)47)35-29(44)25(13-18-14-34-22-5-3-2-4-20(18)22)38-28(43)23(10-11-26(33)41)36-30(45)24(37-27(42)21(32)15-39)12-17-6-8-19(40)9-7-17/h2-9,14,16,21,23-25,34,39-40H,10-13,15,32H2,1H3,(H2,33,41)(H,35,44)(H,36,45)(H,37,42)(H,38,43)(H,46,47)/t16-,21+,23-,24+,25-/m0/s1. The van der Waals surface area contributed by atoms with Crippen LogP contribution in [0.5, 0.6) is 5.75 Å². The Bertz CT molecular complexity index is 1590. The molecule has 12 N–H and O–H groups in total. The van der Waals surface area contributed by atoms with Crippen LogP contribution in [0.25, 0.3) is 10.9 Å². The maximum atomic E-state index is 13.7. The summed E-state index contributed by atoms with van der Waals surface area (Å²) in [6, 6.07) is 6.28. The van der Waals surface area contributed by atoms with Crippen molar-refractivity contribution in [1.82, 2.24) is 26.3 Å². The molecule has 1 heterocycles. The Morgan fingerprint density at radius 2 is 1.38 bits per heavy atom. The highest BCUT2D eigenvalue weighted by Gasteiger charge is 2.32. The van der Waals surface area contributed by atoms with Gasteiger partial charge >= 0.3 is 5.97 Å². The van der Waals surface area contributed by atoms with Gasteiger partial charge in [0.2, 0.25) is 29.5 Å². The van der Waals surface area contributed by atoms with Gasteiger partial charge in [-0.2, -0.15) is 0 Å². The number of primary amides is 1. The maximum Gasteiger partial charge on any atom is 0.325 e. The maximum absolute atomic E-state index is 13.7. The molecular formula is C31H39N7O9. The SMILES string of the molecule is C[C@H](NC(=O)[C@H](Cc1c[nH]c2ccccc12)NC(=O)[C@H](CCC(N)=O)NC(=O)[C@@H](Cc1ccc(O)cc1)NC(=O)[C@H](N)CO)C(=O)O. The number of nitrogens with one attached hydrogen (secondary N) is 5. The third-order valence-corrected chi connectivity index (χ3v) is 7.32. The van der Waals surface area contributed by atoms with Crippen LogP contribution in [0.2, 0.25) is 0 Å². The predicted octanol–water partition coefficient (Wildman–Crippen LogP) is -1.71. The van der Waals surface area contributed by atoms with Crippen LogP contribution in [0.4, 0.5) is 0 Å². The summed E-state index contributed by atoms with van der Waals surface area (Å²) in [4.78, 5) is 79.1. The monoisotopic (exact) mass is 653 g/mol. The smallest absolute Gasteiger partial charge is 0.325 e. The molecule has 0 unspecified atom stereocenters. The fraction of sp³-hybridized carbons (Fsp3) is 0.355. The molecule has 1 aromatic heterocycles. The summed E-state index contributed by atoms with van der Waals surface area (Å²) < 4.78 is 0. The van der Waals surface area contributed by atoms with Crippen LogP contribution in [0, 0.1) is 0 Å². The second-order valence-electron chi connectivity index (χ2n) is 11.0. The van der Waals surface area contributed by atoms with Gasteiger partial charge in [0.15, 0.2) is 0 Å². The lowest BCUT2D eigenvalue weighted by Crippen LogP contribution is -2.59. The van der Waals surface area contributed by atoms with E-state index in [4.69, 9.17) is 11.5 Å². The Hall–Kier alpha value is -5.48. The molecule has 0 saturated carbocycles. The summed E-state index contributed by atoms with van der Waals surface area (Å²) in [5.74, 6) is -5.52. The molecule has 0 aliphatic rings. The first-order chi connectivity index (χ1) is 22.3. The average Bonchev–Trinajstić information content (AvgIpc) is 3.45.